The lowest BCUT2D eigenvalue weighted by Crippen LogP contribution is -2.22. The van der Waals surface area contributed by atoms with Gasteiger partial charge in [0.05, 0.1) is 16.0 Å². The van der Waals surface area contributed by atoms with Gasteiger partial charge in [-0.15, -0.1) is 0 Å². The van der Waals surface area contributed by atoms with Gasteiger partial charge in [0, 0.05) is 12.3 Å². The number of thioether (sulfide) groups is 1. The molecule has 2 aromatic rings. The number of carbonyl (C=O) groups is 1. The quantitative estimate of drug-likeness (QED) is 0.878. The van der Waals surface area contributed by atoms with Crippen LogP contribution in [0.3, 0.4) is 0 Å². The average molecular weight is 298 g/mol. The second-order valence-electron chi connectivity index (χ2n) is 3.87. The van der Waals surface area contributed by atoms with E-state index in [1.54, 1.807) is 38.2 Å². The van der Waals surface area contributed by atoms with Gasteiger partial charge < -0.3 is 4.52 Å². The number of aromatic nitrogens is 2. The summed E-state index contributed by atoms with van der Waals surface area (Å²) in [6, 6.07) is 5.14. The van der Waals surface area contributed by atoms with Gasteiger partial charge in [-0.05, 0) is 26.0 Å². The molecule has 2 heterocycles. The van der Waals surface area contributed by atoms with Crippen molar-refractivity contribution in [2.45, 2.75) is 24.1 Å². The Kier molecular flexibility index (Phi) is 4.44. The maximum absolute atomic E-state index is 11.9. The van der Waals surface area contributed by atoms with Crippen LogP contribution in [0.4, 0.5) is 5.88 Å². The molecule has 100 valence electrons. The molecule has 0 unspecified atom stereocenters. The second-order valence-corrected chi connectivity index (χ2v) is 5.61. The summed E-state index contributed by atoms with van der Waals surface area (Å²) in [4.78, 5) is 16.1. The molecule has 0 aliphatic carbocycles. The van der Waals surface area contributed by atoms with E-state index in [2.05, 4.69) is 15.5 Å². The summed E-state index contributed by atoms with van der Waals surface area (Å²) in [7, 11) is 0. The van der Waals surface area contributed by atoms with Gasteiger partial charge in [0.1, 0.15) is 5.03 Å². The third kappa shape index (κ3) is 3.71. The minimum atomic E-state index is -0.349. The molecule has 0 spiro atoms. The number of nitrogens with zero attached hydrogens (tertiary/aromatic N) is 2. The number of hydrogen-bond acceptors (Lipinski definition) is 5. The Hall–Kier alpha value is -1.53. The molecule has 0 radical (unpaired) electrons. The molecule has 2 rings (SSSR count). The van der Waals surface area contributed by atoms with Crippen LogP contribution in [0.25, 0.3) is 0 Å². The summed E-state index contributed by atoms with van der Waals surface area (Å²) in [5.74, 6) is 0.143. The highest BCUT2D eigenvalue weighted by Crippen LogP contribution is 2.28. The highest BCUT2D eigenvalue weighted by Gasteiger charge is 2.18. The van der Waals surface area contributed by atoms with Gasteiger partial charge in [-0.3, -0.25) is 10.1 Å². The molecule has 1 atom stereocenters. The van der Waals surface area contributed by atoms with Crippen LogP contribution in [0.2, 0.25) is 5.02 Å². The van der Waals surface area contributed by atoms with E-state index in [0.717, 1.165) is 0 Å². The highest BCUT2D eigenvalue weighted by atomic mass is 35.5. The first-order valence-electron chi connectivity index (χ1n) is 5.57. The van der Waals surface area contributed by atoms with Gasteiger partial charge in [-0.1, -0.05) is 28.5 Å². The summed E-state index contributed by atoms with van der Waals surface area (Å²) in [6.45, 7) is 3.55. The first-order chi connectivity index (χ1) is 9.06. The van der Waals surface area contributed by atoms with Crippen molar-refractivity contribution in [3.63, 3.8) is 0 Å². The minimum absolute atomic E-state index is 0.192. The first kappa shape index (κ1) is 13.9. The lowest BCUT2D eigenvalue weighted by atomic mass is 10.4. The van der Waals surface area contributed by atoms with Gasteiger partial charge in [-0.2, -0.15) is 0 Å². The van der Waals surface area contributed by atoms with Crippen LogP contribution in [0.1, 0.15) is 12.6 Å². The van der Waals surface area contributed by atoms with Crippen molar-refractivity contribution in [1.82, 2.24) is 10.1 Å². The predicted molar refractivity (Wildman–Crippen MR) is 74.4 cm³/mol. The summed E-state index contributed by atoms with van der Waals surface area (Å²) in [5, 5.41) is 7.15. The summed E-state index contributed by atoms with van der Waals surface area (Å²) < 4.78 is 4.93. The zero-order valence-electron chi connectivity index (χ0n) is 10.4. The Balaban J connectivity index is 1.98. The number of anilines is 1. The van der Waals surface area contributed by atoms with E-state index in [4.69, 9.17) is 16.1 Å². The average Bonchev–Trinajstić information content (AvgIpc) is 2.77. The van der Waals surface area contributed by atoms with Gasteiger partial charge in [-0.25, -0.2) is 4.98 Å². The Morgan fingerprint density at radius 3 is 3.00 bits per heavy atom. The van der Waals surface area contributed by atoms with Gasteiger partial charge >= 0.3 is 0 Å². The second kappa shape index (κ2) is 6.08. The molecule has 0 saturated heterocycles. The number of rotatable bonds is 4. The number of nitrogens with one attached hydrogen (secondary N) is 1. The maximum atomic E-state index is 11.9. The SMILES string of the molecule is Cc1cc(NC(=O)[C@H](C)Sc2ncccc2Cl)on1. The largest absolute Gasteiger partial charge is 0.338 e. The molecular weight excluding hydrogens is 286 g/mol. The lowest BCUT2D eigenvalue weighted by Gasteiger charge is -2.10. The summed E-state index contributed by atoms with van der Waals surface area (Å²) in [6.07, 6.45) is 1.64. The van der Waals surface area contributed by atoms with Crippen LogP contribution >= 0.6 is 23.4 Å². The van der Waals surface area contributed by atoms with E-state index in [9.17, 15) is 4.79 Å². The molecule has 1 amide bonds. The molecule has 7 heteroatoms. The predicted octanol–water partition coefficient (Wildman–Crippen LogP) is 3.15. The van der Waals surface area contributed by atoms with Crippen LogP contribution in [-0.2, 0) is 4.79 Å². The van der Waals surface area contributed by atoms with Crippen molar-refractivity contribution in [1.29, 1.82) is 0 Å². The Bertz CT molecular complexity index is 588. The third-order valence-electron chi connectivity index (χ3n) is 2.26. The van der Waals surface area contributed by atoms with Gasteiger partial charge in [0.15, 0.2) is 0 Å². The molecule has 19 heavy (non-hydrogen) atoms. The van der Waals surface area contributed by atoms with Crippen LogP contribution in [0.5, 0.6) is 0 Å². The Labute approximate surface area is 119 Å². The third-order valence-corrected chi connectivity index (χ3v) is 3.79. The number of halogens is 1. The summed E-state index contributed by atoms with van der Waals surface area (Å²) in [5.41, 5.74) is 0.711. The van der Waals surface area contributed by atoms with E-state index in [1.807, 2.05) is 0 Å². The Morgan fingerprint density at radius 1 is 1.58 bits per heavy atom. The van der Waals surface area contributed by atoms with Crippen molar-refractivity contribution in [2.75, 3.05) is 5.32 Å². The molecule has 0 saturated carbocycles. The fourth-order valence-corrected chi connectivity index (χ4v) is 2.38. The molecule has 5 nitrogen and oxygen atoms in total. The summed E-state index contributed by atoms with van der Waals surface area (Å²) >= 11 is 7.28. The number of hydrogen-bond donors (Lipinski definition) is 1. The standard InChI is InChI=1S/C12H12ClN3O2S/c1-7-6-10(18-16-7)15-11(17)8(2)19-12-9(13)4-3-5-14-12/h3-6,8H,1-2H3,(H,15,17)/t8-/m0/s1. The topological polar surface area (TPSA) is 68.0 Å². The molecule has 0 fully saturated rings. The minimum Gasteiger partial charge on any atom is -0.338 e. The number of aryl methyl sites for hydroxylation is 1. The van der Waals surface area contributed by atoms with E-state index in [0.29, 0.717) is 21.6 Å². The number of amides is 1. The van der Waals surface area contributed by atoms with Crippen molar-refractivity contribution in [2.24, 2.45) is 0 Å². The molecule has 1 N–H and O–H groups in total. The molecule has 0 aromatic carbocycles. The molecule has 0 aliphatic heterocycles. The smallest absolute Gasteiger partial charge is 0.240 e. The normalized spacial score (nSPS) is 12.2. The van der Waals surface area contributed by atoms with Crippen LogP contribution < -0.4 is 5.32 Å². The fraction of sp³-hybridized carbons (Fsp3) is 0.250. The van der Waals surface area contributed by atoms with Crippen molar-refractivity contribution >= 4 is 35.2 Å². The monoisotopic (exact) mass is 297 g/mol. The van der Waals surface area contributed by atoms with Gasteiger partial charge in [0.25, 0.3) is 0 Å². The zero-order valence-corrected chi connectivity index (χ0v) is 12.0. The van der Waals surface area contributed by atoms with Crippen molar-refractivity contribution in [3.05, 3.63) is 35.1 Å². The van der Waals surface area contributed by atoms with Gasteiger partial charge in [0.2, 0.25) is 11.8 Å². The maximum Gasteiger partial charge on any atom is 0.240 e. The molecule has 0 aliphatic rings. The number of carbonyl (C=O) groups excluding carboxylic acids is 1. The van der Waals surface area contributed by atoms with E-state index in [1.165, 1.54) is 11.8 Å². The Morgan fingerprint density at radius 2 is 2.37 bits per heavy atom. The van der Waals surface area contributed by atoms with Crippen LogP contribution in [-0.4, -0.2) is 21.3 Å². The van der Waals surface area contributed by atoms with E-state index in [-0.39, 0.29) is 11.2 Å². The highest BCUT2D eigenvalue weighted by molar-refractivity contribution is 8.00. The van der Waals surface area contributed by atoms with Crippen LogP contribution in [0, 0.1) is 6.92 Å². The van der Waals surface area contributed by atoms with Crippen molar-refractivity contribution < 1.29 is 9.32 Å². The first-order valence-corrected chi connectivity index (χ1v) is 6.83. The number of pyridine rings is 1. The molecular formula is C12H12ClN3O2S. The van der Waals surface area contributed by atoms with Crippen molar-refractivity contribution in [3.8, 4) is 0 Å². The fourth-order valence-electron chi connectivity index (χ4n) is 1.32. The molecule has 2 aromatic heterocycles. The van der Waals surface area contributed by atoms with Crippen LogP contribution in [0.15, 0.2) is 33.9 Å². The molecule has 0 bridgehead atoms. The van der Waals surface area contributed by atoms with E-state index >= 15 is 0 Å². The van der Waals surface area contributed by atoms with E-state index < -0.39 is 0 Å². The zero-order chi connectivity index (χ0) is 13.8. The lowest BCUT2D eigenvalue weighted by molar-refractivity contribution is -0.115.